The van der Waals surface area contributed by atoms with Gasteiger partial charge in [0, 0.05) is 12.3 Å². The highest BCUT2D eigenvalue weighted by atomic mass is 31.2. The largest absolute Gasteiger partial charge is 0.457 e. The van der Waals surface area contributed by atoms with Gasteiger partial charge in [-0.15, -0.1) is 0 Å². The van der Waals surface area contributed by atoms with Crippen molar-refractivity contribution in [3.63, 3.8) is 0 Å². The molecule has 1 atom stereocenters. The van der Waals surface area contributed by atoms with Crippen molar-refractivity contribution in [3.8, 4) is 0 Å². The molecule has 0 aromatic heterocycles. The zero-order chi connectivity index (χ0) is 29.8. The molecule has 0 spiro atoms. The number of rotatable bonds is 14. The molecule has 0 aliphatic rings. The van der Waals surface area contributed by atoms with E-state index < -0.39 is 19.3 Å². The smallest absolute Gasteiger partial charge is 0.338 e. The molecule has 7 heteroatoms. The first-order valence-corrected chi connectivity index (χ1v) is 16.2. The van der Waals surface area contributed by atoms with Crippen molar-refractivity contribution in [2.24, 2.45) is 0 Å². The molecule has 6 nitrogen and oxygen atoms in total. The molecule has 0 radical (unpaired) electrons. The van der Waals surface area contributed by atoms with E-state index in [1.54, 1.807) is 12.1 Å². The van der Waals surface area contributed by atoms with Gasteiger partial charge in [0.2, 0.25) is 7.37 Å². The molecule has 0 aliphatic heterocycles. The Morgan fingerprint density at radius 1 is 0.690 bits per heavy atom. The van der Waals surface area contributed by atoms with Crippen molar-refractivity contribution < 1.29 is 28.2 Å². The molecule has 0 N–H and O–H groups in total. The summed E-state index contributed by atoms with van der Waals surface area (Å²) in [4.78, 5) is 26.2. The summed E-state index contributed by atoms with van der Waals surface area (Å²) in [5.74, 6) is -1.16. The van der Waals surface area contributed by atoms with Crippen LogP contribution in [0.15, 0.2) is 103 Å². The van der Waals surface area contributed by atoms with Gasteiger partial charge < -0.3 is 14.0 Å². The van der Waals surface area contributed by atoms with Crippen LogP contribution < -0.4 is 0 Å². The van der Waals surface area contributed by atoms with Crippen molar-refractivity contribution in [2.45, 2.75) is 52.7 Å². The highest BCUT2D eigenvalue weighted by Crippen LogP contribution is 2.52. The standard InChI is InChI=1S/C35H37O6P/c1-3-4-21-42(38,26-30-17-15-27(2)16-18-30)41-25-32-20-19-31(34(36)39-23-28-11-7-5-8-12-28)22-33(32)35(37)40-24-29-13-9-6-10-14-29/h5-20,22H,3-4,21,23-26H2,1-2H3. The van der Waals surface area contributed by atoms with Crippen LogP contribution in [0.4, 0.5) is 0 Å². The van der Waals surface area contributed by atoms with Crippen LogP contribution in [0.3, 0.4) is 0 Å². The minimum absolute atomic E-state index is 0.0536. The van der Waals surface area contributed by atoms with Crippen molar-refractivity contribution in [1.82, 2.24) is 0 Å². The van der Waals surface area contributed by atoms with Gasteiger partial charge in [-0.05, 0) is 47.7 Å². The van der Waals surface area contributed by atoms with E-state index in [0.717, 1.165) is 35.1 Å². The van der Waals surface area contributed by atoms with Gasteiger partial charge in [0.15, 0.2) is 0 Å². The third-order valence-electron chi connectivity index (χ3n) is 6.84. The lowest BCUT2D eigenvalue weighted by Crippen LogP contribution is -2.13. The minimum atomic E-state index is -3.07. The zero-order valence-electron chi connectivity index (χ0n) is 24.2. The summed E-state index contributed by atoms with van der Waals surface area (Å²) in [6.45, 7) is 4.19. The summed E-state index contributed by atoms with van der Waals surface area (Å²) in [6, 6.07) is 31.4. The SMILES string of the molecule is CCCCP(=O)(Cc1ccc(C)cc1)OCc1ccc(C(=O)OCc2ccccc2)cc1C(=O)OCc1ccccc1. The Labute approximate surface area is 248 Å². The highest BCUT2D eigenvalue weighted by molar-refractivity contribution is 7.58. The molecule has 218 valence electrons. The monoisotopic (exact) mass is 584 g/mol. The Morgan fingerprint density at radius 2 is 1.29 bits per heavy atom. The lowest BCUT2D eigenvalue weighted by atomic mass is 10.0. The molecule has 0 amide bonds. The third kappa shape index (κ3) is 9.27. The molecule has 42 heavy (non-hydrogen) atoms. The van der Waals surface area contributed by atoms with E-state index in [1.165, 1.54) is 6.07 Å². The number of carbonyl (C=O) groups excluding carboxylic acids is 2. The first kappa shape index (κ1) is 31.0. The van der Waals surface area contributed by atoms with Crippen LogP contribution >= 0.6 is 7.37 Å². The molecule has 4 rings (SSSR count). The second-order valence-corrected chi connectivity index (χ2v) is 13.0. The molecule has 4 aromatic rings. The van der Waals surface area contributed by atoms with E-state index in [4.69, 9.17) is 14.0 Å². The fourth-order valence-electron chi connectivity index (χ4n) is 4.37. The number of hydrogen-bond donors (Lipinski definition) is 0. The summed E-state index contributed by atoms with van der Waals surface area (Å²) >= 11 is 0. The average molecular weight is 585 g/mol. The topological polar surface area (TPSA) is 78.9 Å². The van der Waals surface area contributed by atoms with Gasteiger partial charge in [-0.1, -0.05) is 110 Å². The number of hydrogen-bond acceptors (Lipinski definition) is 6. The second kappa shape index (κ2) is 15.3. The van der Waals surface area contributed by atoms with Gasteiger partial charge in [-0.2, -0.15) is 0 Å². The van der Waals surface area contributed by atoms with Crippen LogP contribution in [0.1, 0.15) is 68.3 Å². The number of esters is 2. The third-order valence-corrected chi connectivity index (χ3v) is 9.29. The normalized spacial score (nSPS) is 12.3. The maximum atomic E-state index is 14.0. The van der Waals surface area contributed by atoms with Crippen molar-refractivity contribution in [2.75, 3.05) is 6.16 Å². The van der Waals surface area contributed by atoms with E-state index >= 15 is 0 Å². The van der Waals surface area contributed by atoms with E-state index in [-0.39, 0.29) is 30.9 Å². The van der Waals surface area contributed by atoms with Gasteiger partial charge in [-0.25, -0.2) is 9.59 Å². The molecular weight excluding hydrogens is 547 g/mol. The second-order valence-electron chi connectivity index (χ2n) is 10.3. The van der Waals surface area contributed by atoms with E-state index in [1.807, 2.05) is 98.8 Å². The predicted octanol–water partition coefficient (Wildman–Crippen LogP) is 8.50. The van der Waals surface area contributed by atoms with Crippen molar-refractivity contribution in [1.29, 1.82) is 0 Å². The molecule has 0 heterocycles. The van der Waals surface area contributed by atoms with Crippen LogP contribution in [-0.4, -0.2) is 18.1 Å². The van der Waals surface area contributed by atoms with Gasteiger partial charge in [0.05, 0.1) is 17.7 Å². The van der Waals surface area contributed by atoms with Gasteiger partial charge in [0.25, 0.3) is 0 Å². The molecule has 0 saturated heterocycles. The van der Waals surface area contributed by atoms with Gasteiger partial charge in [-0.3, -0.25) is 4.57 Å². The molecular formula is C35H37O6P. The van der Waals surface area contributed by atoms with Crippen LogP contribution in [-0.2, 0) is 44.5 Å². The maximum Gasteiger partial charge on any atom is 0.338 e. The fourth-order valence-corrected chi connectivity index (χ4v) is 6.69. The fraction of sp³-hybridized carbons (Fsp3) is 0.257. The lowest BCUT2D eigenvalue weighted by molar-refractivity contribution is 0.0468. The summed E-state index contributed by atoms with van der Waals surface area (Å²) < 4.78 is 31.2. The zero-order valence-corrected chi connectivity index (χ0v) is 25.1. The number of unbranched alkanes of at least 4 members (excludes halogenated alkanes) is 1. The van der Waals surface area contributed by atoms with Crippen LogP contribution in [0.5, 0.6) is 0 Å². The Kier molecular flexibility index (Phi) is 11.3. The summed E-state index contributed by atoms with van der Waals surface area (Å²) in [7, 11) is -3.07. The number of ether oxygens (including phenoxy) is 2. The minimum Gasteiger partial charge on any atom is -0.457 e. The predicted molar refractivity (Wildman–Crippen MR) is 165 cm³/mol. The quantitative estimate of drug-likeness (QED) is 0.109. The molecule has 4 aromatic carbocycles. The lowest BCUT2D eigenvalue weighted by Gasteiger charge is -2.20. The van der Waals surface area contributed by atoms with Gasteiger partial charge >= 0.3 is 11.9 Å². The highest BCUT2D eigenvalue weighted by Gasteiger charge is 2.25. The molecule has 0 fully saturated rings. The Bertz CT molecular complexity index is 1500. The average Bonchev–Trinajstić information content (AvgIpc) is 3.02. The first-order chi connectivity index (χ1) is 20.3. The molecule has 0 saturated carbocycles. The van der Waals surface area contributed by atoms with Crippen LogP contribution in [0.2, 0.25) is 0 Å². The maximum absolute atomic E-state index is 14.0. The Hall–Kier alpha value is -3.99. The van der Waals surface area contributed by atoms with E-state index in [2.05, 4.69) is 0 Å². The molecule has 0 bridgehead atoms. The van der Waals surface area contributed by atoms with E-state index in [0.29, 0.717) is 17.9 Å². The number of benzene rings is 4. The van der Waals surface area contributed by atoms with Crippen LogP contribution in [0, 0.1) is 6.92 Å². The number of carbonyl (C=O) groups is 2. The summed E-state index contributed by atoms with van der Waals surface area (Å²) in [6.07, 6.45) is 2.40. The Morgan fingerprint density at radius 3 is 1.88 bits per heavy atom. The van der Waals surface area contributed by atoms with Crippen molar-refractivity contribution >= 4 is 19.3 Å². The van der Waals surface area contributed by atoms with Crippen LogP contribution in [0.25, 0.3) is 0 Å². The number of aryl methyl sites for hydroxylation is 1. The molecule has 0 aliphatic carbocycles. The first-order valence-electron chi connectivity index (χ1n) is 14.2. The molecule has 1 unspecified atom stereocenters. The summed E-state index contributed by atoms with van der Waals surface area (Å²) in [5.41, 5.74) is 4.66. The Balaban J connectivity index is 1.54. The van der Waals surface area contributed by atoms with E-state index in [9.17, 15) is 14.2 Å². The van der Waals surface area contributed by atoms with Crippen molar-refractivity contribution in [3.05, 3.63) is 142 Å². The summed E-state index contributed by atoms with van der Waals surface area (Å²) in [5, 5.41) is 0. The van der Waals surface area contributed by atoms with Gasteiger partial charge in [0.1, 0.15) is 13.2 Å².